The van der Waals surface area contributed by atoms with Gasteiger partial charge in [0.05, 0.1) is 12.0 Å². The molecule has 1 aromatic rings. The van der Waals surface area contributed by atoms with Gasteiger partial charge < -0.3 is 14.6 Å². The Balaban J connectivity index is 1.88. The van der Waals surface area contributed by atoms with Crippen LogP contribution in [-0.2, 0) is 10.2 Å². The van der Waals surface area contributed by atoms with Crippen molar-refractivity contribution >= 4 is 0 Å². The summed E-state index contributed by atoms with van der Waals surface area (Å²) in [5, 5.41) is 7.68. The molecule has 0 bridgehead atoms. The summed E-state index contributed by atoms with van der Waals surface area (Å²) in [6, 6.07) is 0. The van der Waals surface area contributed by atoms with Crippen molar-refractivity contribution in [3.05, 3.63) is 11.7 Å². The molecule has 0 radical (unpaired) electrons. The lowest BCUT2D eigenvalue weighted by molar-refractivity contribution is 0.00198. The smallest absolute Gasteiger partial charge is 0.236 e. The van der Waals surface area contributed by atoms with Gasteiger partial charge in [-0.15, -0.1) is 0 Å². The lowest BCUT2D eigenvalue weighted by Gasteiger charge is -2.34. The zero-order valence-corrected chi connectivity index (χ0v) is 11.8. The first kappa shape index (κ1) is 13.1. The number of hydrogen-bond donors (Lipinski definition) is 1. The van der Waals surface area contributed by atoms with Crippen LogP contribution in [0.25, 0.3) is 0 Å². The number of fused-ring (bicyclic) bond motifs is 1. The standard InChI is InChI=1S/C14H23N3O2/c1-3-10(4-2)12-16-13(19-17-12)14-8-15-7-11(14)5-6-18-9-14/h10-11,15H,3-9H2,1-2H3/t11-,14+/m1/s1. The van der Waals surface area contributed by atoms with Gasteiger partial charge in [-0.2, -0.15) is 4.98 Å². The van der Waals surface area contributed by atoms with Crippen LogP contribution in [0.2, 0.25) is 0 Å². The number of aromatic nitrogens is 2. The van der Waals surface area contributed by atoms with Gasteiger partial charge in [0.1, 0.15) is 0 Å². The Labute approximate surface area is 114 Å². The molecule has 5 heteroatoms. The van der Waals surface area contributed by atoms with Crippen LogP contribution in [0.15, 0.2) is 4.52 Å². The Morgan fingerprint density at radius 3 is 3.05 bits per heavy atom. The third kappa shape index (κ3) is 2.09. The van der Waals surface area contributed by atoms with Gasteiger partial charge >= 0.3 is 0 Å². The van der Waals surface area contributed by atoms with Crippen molar-refractivity contribution in [2.45, 2.75) is 44.4 Å². The van der Waals surface area contributed by atoms with E-state index in [4.69, 9.17) is 14.2 Å². The van der Waals surface area contributed by atoms with Crippen molar-refractivity contribution in [2.75, 3.05) is 26.3 Å². The molecule has 106 valence electrons. The first-order chi connectivity index (χ1) is 9.30. The normalized spacial score (nSPS) is 30.8. The Bertz CT molecular complexity index is 430. The maximum Gasteiger partial charge on any atom is 0.236 e. The molecule has 1 N–H and O–H groups in total. The van der Waals surface area contributed by atoms with Crippen LogP contribution in [0.1, 0.15) is 50.7 Å². The highest BCUT2D eigenvalue weighted by Gasteiger charge is 2.50. The minimum absolute atomic E-state index is 0.0878. The molecule has 2 fully saturated rings. The zero-order chi connectivity index (χ0) is 13.3. The number of nitrogens with one attached hydrogen (secondary N) is 1. The highest BCUT2D eigenvalue weighted by Crippen LogP contribution is 2.40. The van der Waals surface area contributed by atoms with Crippen LogP contribution in [0.5, 0.6) is 0 Å². The largest absolute Gasteiger partial charge is 0.380 e. The van der Waals surface area contributed by atoms with E-state index in [1.807, 2.05) is 0 Å². The van der Waals surface area contributed by atoms with Crippen LogP contribution in [0, 0.1) is 5.92 Å². The monoisotopic (exact) mass is 265 g/mol. The van der Waals surface area contributed by atoms with Crippen molar-refractivity contribution in [3.63, 3.8) is 0 Å². The van der Waals surface area contributed by atoms with Gasteiger partial charge in [-0.25, -0.2) is 0 Å². The summed E-state index contributed by atoms with van der Waals surface area (Å²) in [6.07, 6.45) is 3.19. The Kier molecular flexibility index (Phi) is 3.58. The lowest BCUT2D eigenvalue weighted by Crippen LogP contribution is -2.44. The predicted octanol–water partition coefficient (Wildman–Crippen LogP) is 1.85. The molecule has 0 spiro atoms. The molecule has 5 nitrogen and oxygen atoms in total. The molecular formula is C14H23N3O2. The van der Waals surface area contributed by atoms with E-state index >= 15 is 0 Å². The van der Waals surface area contributed by atoms with Crippen molar-refractivity contribution < 1.29 is 9.26 Å². The van der Waals surface area contributed by atoms with Crippen molar-refractivity contribution in [3.8, 4) is 0 Å². The Hall–Kier alpha value is -0.940. The van der Waals surface area contributed by atoms with E-state index in [1.165, 1.54) is 0 Å². The SMILES string of the molecule is CCC(CC)c1noc([C@]23CNC[C@H]2CCOC3)n1. The van der Waals surface area contributed by atoms with Gasteiger partial charge in [-0.3, -0.25) is 0 Å². The minimum atomic E-state index is -0.0878. The van der Waals surface area contributed by atoms with Crippen LogP contribution in [0.4, 0.5) is 0 Å². The molecule has 0 amide bonds. The van der Waals surface area contributed by atoms with E-state index < -0.39 is 0 Å². The highest BCUT2D eigenvalue weighted by molar-refractivity contribution is 5.16. The van der Waals surface area contributed by atoms with E-state index in [2.05, 4.69) is 24.3 Å². The topological polar surface area (TPSA) is 60.2 Å². The maximum atomic E-state index is 5.70. The number of ether oxygens (including phenoxy) is 1. The molecule has 0 saturated carbocycles. The summed E-state index contributed by atoms with van der Waals surface area (Å²) >= 11 is 0. The van der Waals surface area contributed by atoms with E-state index in [9.17, 15) is 0 Å². The third-order valence-corrected chi connectivity index (χ3v) is 4.80. The third-order valence-electron chi connectivity index (χ3n) is 4.80. The van der Waals surface area contributed by atoms with Gasteiger partial charge in [0.15, 0.2) is 5.82 Å². The quantitative estimate of drug-likeness (QED) is 0.900. The summed E-state index contributed by atoms with van der Waals surface area (Å²) in [7, 11) is 0. The summed E-state index contributed by atoms with van der Waals surface area (Å²) in [5.41, 5.74) is -0.0878. The van der Waals surface area contributed by atoms with Crippen molar-refractivity contribution in [1.29, 1.82) is 0 Å². The number of rotatable bonds is 4. The average Bonchev–Trinajstić information content (AvgIpc) is 3.07. The van der Waals surface area contributed by atoms with Gasteiger partial charge in [0.2, 0.25) is 5.89 Å². The second-order valence-corrected chi connectivity index (χ2v) is 5.80. The summed E-state index contributed by atoms with van der Waals surface area (Å²) in [6.45, 7) is 7.82. The van der Waals surface area contributed by atoms with Gasteiger partial charge in [-0.1, -0.05) is 19.0 Å². The first-order valence-corrected chi connectivity index (χ1v) is 7.42. The van der Waals surface area contributed by atoms with Crippen molar-refractivity contribution in [2.24, 2.45) is 5.92 Å². The molecule has 3 rings (SSSR count). The molecule has 3 heterocycles. The van der Waals surface area contributed by atoms with Gasteiger partial charge in [0, 0.05) is 19.1 Å². The molecular weight excluding hydrogens is 242 g/mol. The van der Waals surface area contributed by atoms with E-state index in [1.54, 1.807) is 0 Å². The molecule has 0 aliphatic carbocycles. The number of nitrogens with zero attached hydrogens (tertiary/aromatic N) is 2. The second kappa shape index (κ2) is 5.21. The molecule has 2 saturated heterocycles. The highest BCUT2D eigenvalue weighted by atomic mass is 16.5. The summed E-state index contributed by atoms with van der Waals surface area (Å²) < 4.78 is 11.3. The van der Waals surface area contributed by atoms with Crippen LogP contribution in [0.3, 0.4) is 0 Å². The van der Waals surface area contributed by atoms with E-state index in [0.717, 1.165) is 50.7 Å². The zero-order valence-electron chi connectivity index (χ0n) is 11.8. The van der Waals surface area contributed by atoms with Gasteiger partial charge in [0.25, 0.3) is 0 Å². The predicted molar refractivity (Wildman–Crippen MR) is 71.1 cm³/mol. The molecule has 0 unspecified atom stereocenters. The fraction of sp³-hybridized carbons (Fsp3) is 0.857. The van der Waals surface area contributed by atoms with E-state index in [0.29, 0.717) is 18.4 Å². The summed E-state index contributed by atoms with van der Waals surface area (Å²) in [5.74, 6) is 2.62. The molecule has 0 aromatic carbocycles. The Morgan fingerprint density at radius 2 is 2.26 bits per heavy atom. The number of hydrogen-bond acceptors (Lipinski definition) is 5. The average molecular weight is 265 g/mol. The fourth-order valence-electron chi connectivity index (χ4n) is 3.41. The van der Waals surface area contributed by atoms with E-state index in [-0.39, 0.29) is 5.41 Å². The molecule has 2 aliphatic heterocycles. The Morgan fingerprint density at radius 1 is 1.42 bits per heavy atom. The van der Waals surface area contributed by atoms with Crippen LogP contribution in [-0.4, -0.2) is 36.4 Å². The second-order valence-electron chi connectivity index (χ2n) is 5.80. The molecule has 1 aromatic heterocycles. The minimum Gasteiger partial charge on any atom is -0.380 e. The molecule has 19 heavy (non-hydrogen) atoms. The van der Waals surface area contributed by atoms with Crippen molar-refractivity contribution in [1.82, 2.24) is 15.5 Å². The lowest BCUT2D eigenvalue weighted by atomic mass is 9.75. The fourth-order valence-corrected chi connectivity index (χ4v) is 3.41. The summed E-state index contributed by atoms with van der Waals surface area (Å²) in [4.78, 5) is 4.71. The maximum absolute atomic E-state index is 5.70. The van der Waals surface area contributed by atoms with Gasteiger partial charge in [-0.05, 0) is 31.7 Å². The molecule has 2 aliphatic rings. The first-order valence-electron chi connectivity index (χ1n) is 7.42. The molecule has 2 atom stereocenters. The van der Waals surface area contributed by atoms with Crippen LogP contribution < -0.4 is 5.32 Å². The van der Waals surface area contributed by atoms with Crippen LogP contribution >= 0.6 is 0 Å².